The fourth-order valence-corrected chi connectivity index (χ4v) is 2.52. The lowest BCUT2D eigenvalue weighted by molar-refractivity contribution is 0.0871. The van der Waals surface area contributed by atoms with Crippen LogP contribution in [-0.4, -0.2) is 26.7 Å². The molecule has 2 N–H and O–H groups in total. The van der Waals surface area contributed by atoms with Crippen molar-refractivity contribution in [3.05, 3.63) is 65.7 Å². The summed E-state index contributed by atoms with van der Waals surface area (Å²) in [7, 11) is 0. The second-order valence-corrected chi connectivity index (χ2v) is 6.01. The zero-order chi connectivity index (χ0) is 16.2. The lowest BCUT2D eigenvalue weighted by atomic mass is 9.92. The van der Waals surface area contributed by atoms with Gasteiger partial charge < -0.3 is 10.2 Å². The van der Waals surface area contributed by atoms with E-state index in [1.165, 1.54) is 4.90 Å². The van der Waals surface area contributed by atoms with E-state index in [0.29, 0.717) is 13.0 Å². The Morgan fingerprint density at radius 3 is 2.14 bits per heavy atom. The van der Waals surface area contributed by atoms with Crippen molar-refractivity contribution in [1.82, 2.24) is 4.90 Å². The van der Waals surface area contributed by atoms with Crippen molar-refractivity contribution in [3.63, 3.8) is 0 Å². The largest absolute Gasteiger partial charge is 0.508 e. The highest BCUT2D eigenvalue weighted by Gasteiger charge is 2.31. The van der Waals surface area contributed by atoms with Gasteiger partial charge in [0.25, 0.3) is 0 Å². The van der Waals surface area contributed by atoms with Crippen LogP contribution in [0.25, 0.3) is 0 Å². The molecule has 22 heavy (non-hydrogen) atoms. The number of phenolic OH excluding ortho intramolecular Hbond substituents is 1. The molecule has 0 aromatic heterocycles. The predicted molar refractivity (Wildman–Crippen MR) is 85.9 cm³/mol. The molecular weight excluding hydrogens is 278 g/mol. The van der Waals surface area contributed by atoms with Crippen molar-refractivity contribution < 1.29 is 15.0 Å². The molecule has 2 aromatic rings. The summed E-state index contributed by atoms with van der Waals surface area (Å²) in [6.45, 7) is 4.18. The first-order valence-corrected chi connectivity index (χ1v) is 7.21. The molecule has 0 heterocycles. The molecule has 2 aromatic carbocycles. The zero-order valence-electron chi connectivity index (χ0n) is 12.9. The van der Waals surface area contributed by atoms with Crippen molar-refractivity contribution in [3.8, 4) is 5.75 Å². The summed E-state index contributed by atoms with van der Waals surface area (Å²) in [6, 6.07) is 16.4. The van der Waals surface area contributed by atoms with Gasteiger partial charge in [-0.3, -0.25) is 4.90 Å². The average Bonchev–Trinajstić information content (AvgIpc) is 2.47. The van der Waals surface area contributed by atoms with Crippen LogP contribution in [0.5, 0.6) is 5.75 Å². The summed E-state index contributed by atoms with van der Waals surface area (Å²) >= 11 is 0. The summed E-state index contributed by atoms with van der Waals surface area (Å²) in [5, 5.41) is 18.9. The molecule has 116 valence electrons. The zero-order valence-corrected chi connectivity index (χ0v) is 12.9. The molecule has 0 saturated carbocycles. The third kappa shape index (κ3) is 4.01. The quantitative estimate of drug-likeness (QED) is 0.880. The van der Waals surface area contributed by atoms with Gasteiger partial charge >= 0.3 is 6.09 Å². The first kappa shape index (κ1) is 15.9. The maximum Gasteiger partial charge on any atom is 0.408 e. The first-order valence-electron chi connectivity index (χ1n) is 7.21. The van der Waals surface area contributed by atoms with Crippen LogP contribution >= 0.6 is 0 Å². The number of carbonyl (C=O) groups is 1. The van der Waals surface area contributed by atoms with Crippen LogP contribution in [0.4, 0.5) is 4.79 Å². The van der Waals surface area contributed by atoms with E-state index in [1.54, 1.807) is 12.1 Å². The molecule has 0 aliphatic carbocycles. The minimum Gasteiger partial charge on any atom is -0.508 e. The first-order chi connectivity index (χ1) is 10.4. The van der Waals surface area contributed by atoms with Crippen molar-refractivity contribution in [2.75, 3.05) is 0 Å². The molecule has 4 nitrogen and oxygen atoms in total. The van der Waals surface area contributed by atoms with Crippen molar-refractivity contribution >= 4 is 6.09 Å². The van der Waals surface area contributed by atoms with E-state index in [0.717, 1.165) is 11.1 Å². The Morgan fingerprint density at radius 2 is 1.59 bits per heavy atom. The number of carboxylic acid groups (broad SMARTS) is 1. The van der Waals surface area contributed by atoms with Crippen molar-refractivity contribution in [2.45, 2.75) is 32.4 Å². The summed E-state index contributed by atoms with van der Waals surface area (Å²) in [6.07, 6.45) is -0.362. The predicted octanol–water partition coefficient (Wildman–Crippen LogP) is 3.89. The Morgan fingerprint density at radius 1 is 1.00 bits per heavy atom. The summed E-state index contributed by atoms with van der Waals surface area (Å²) in [5.74, 6) is 0.209. The summed E-state index contributed by atoms with van der Waals surface area (Å²) in [4.78, 5) is 13.1. The highest BCUT2D eigenvalue weighted by atomic mass is 16.4. The summed E-state index contributed by atoms with van der Waals surface area (Å²) in [5.41, 5.74) is 1.39. The minimum atomic E-state index is -0.937. The number of hydrogen-bond donors (Lipinski definition) is 2. The van der Waals surface area contributed by atoms with Gasteiger partial charge in [0.2, 0.25) is 0 Å². The van der Waals surface area contributed by atoms with Gasteiger partial charge in [-0.05, 0) is 43.5 Å². The van der Waals surface area contributed by atoms with E-state index in [4.69, 9.17) is 0 Å². The lowest BCUT2D eigenvalue weighted by Gasteiger charge is -2.37. The normalized spacial score (nSPS) is 11.2. The van der Waals surface area contributed by atoms with Crippen LogP contribution < -0.4 is 0 Å². The Hall–Kier alpha value is -2.49. The van der Waals surface area contributed by atoms with E-state index in [1.807, 2.05) is 56.3 Å². The lowest BCUT2D eigenvalue weighted by Crippen LogP contribution is -2.48. The fourth-order valence-electron chi connectivity index (χ4n) is 2.52. The molecule has 2 rings (SSSR count). The van der Waals surface area contributed by atoms with Gasteiger partial charge in [-0.15, -0.1) is 0 Å². The number of amides is 1. The molecule has 0 aliphatic rings. The second kappa shape index (κ2) is 6.52. The van der Waals surface area contributed by atoms with Crippen molar-refractivity contribution in [1.29, 1.82) is 0 Å². The average molecular weight is 299 g/mol. The van der Waals surface area contributed by atoms with Gasteiger partial charge in [0.05, 0.1) is 0 Å². The van der Waals surface area contributed by atoms with Crippen LogP contribution in [0, 0.1) is 0 Å². The number of phenols is 1. The second-order valence-electron chi connectivity index (χ2n) is 6.01. The van der Waals surface area contributed by atoms with Crippen LogP contribution in [0.3, 0.4) is 0 Å². The van der Waals surface area contributed by atoms with E-state index in [-0.39, 0.29) is 5.75 Å². The molecule has 0 spiro atoms. The van der Waals surface area contributed by atoms with Crippen LogP contribution in [0.15, 0.2) is 54.6 Å². The van der Waals surface area contributed by atoms with Gasteiger partial charge in [-0.1, -0.05) is 42.5 Å². The summed E-state index contributed by atoms with van der Waals surface area (Å²) < 4.78 is 0. The minimum absolute atomic E-state index is 0.209. The Kier molecular flexibility index (Phi) is 4.71. The van der Waals surface area contributed by atoms with E-state index in [9.17, 15) is 15.0 Å². The van der Waals surface area contributed by atoms with E-state index >= 15 is 0 Å². The number of aromatic hydroxyl groups is 1. The highest BCUT2D eigenvalue weighted by molar-refractivity contribution is 5.66. The topological polar surface area (TPSA) is 60.8 Å². The molecule has 0 aliphatic heterocycles. The van der Waals surface area contributed by atoms with Gasteiger partial charge in [-0.2, -0.15) is 0 Å². The van der Waals surface area contributed by atoms with E-state index < -0.39 is 11.6 Å². The molecule has 0 atom stereocenters. The molecule has 0 saturated heterocycles. The smallest absolute Gasteiger partial charge is 0.408 e. The van der Waals surface area contributed by atoms with Crippen molar-refractivity contribution in [2.24, 2.45) is 0 Å². The monoisotopic (exact) mass is 299 g/mol. The van der Waals surface area contributed by atoms with E-state index in [2.05, 4.69) is 0 Å². The standard InChI is InChI=1S/C18H21NO3/c1-18(2,12-14-8-10-16(20)11-9-14)19(17(21)22)13-15-6-4-3-5-7-15/h3-11,20H,12-13H2,1-2H3,(H,21,22). The number of nitrogens with zero attached hydrogens (tertiary/aromatic N) is 1. The molecule has 1 amide bonds. The molecule has 0 unspecified atom stereocenters. The van der Waals surface area contributed by atoms with Crippen LogP contribution in [0.1, 0.15) is 25.0 Å². The highest BCUT2D eigenvalue weighted by Crippen LogP contribution is 2.24. The number of rotatable bonds is 5. The van der Waals surface area contributed by atoms with Crippen LogP contribution in [-0.2, 0) is 13.0 Å². The SMILES string of the molecule is CC(C)(Cc1ccc(O)cc1)N(Cc1ccccc1)C(=O)O. The molecule has 0 fully saturated rings. The Labute approximate surface area is 130 Å². The van der Waals surface area contributed by atoms with Gasteiger partial charge in [-0.25, -0.2) is 4.79 Å². The Balaban J connectivity index is 2.18. The molecule has 0 radical (unpaired) electrons. The van der Waals surface area contributed by atoms with Gasteiger partial charge in [0.15, 0.2) is 0 Å². The number of hydrogen-bond acceptors (Lipinski definition) is 2. The fraction of sp³-hybridized carbons (Fsp3) is 0.278. The van der Waals surface area contributed by atoms with Crippen LogP contribution in [0.2, 0.25) is 0 Å². The molecule has 4 heteroatoms. The van der Waals surface area contributed by atoms with Gasteiger partial charge in [0.1, 0.15) is 5.75 Å². The molecule has 0 bridgehead atoms. The molecular formula is C18H21NO3. The third-order valence-electron chi connectivity index (χ3n) is 3.72. The number of benzene rings is 2. The maximum atomic E-state index is 11.7. The third-order valence-corrected chi connectivity index (χ3v) is 3.72. The maximum absolute atomic E-state index is 11.7. The van der Waals surface area contributed by atoms with Gasteiger partial charge in [0, 0.05) is 12.1 Å². The Bertz CT molecular complexity index is 621.